The van der Waals surface area contributed by atoms with Crippen LogP contribution in [-0.4, -0.2) is 60.2 Å². The van der Waals surface area contributed by atoms with E-state index in [2.05, 4.69) is 0 Å². The van der Waals surface area contributed by atoms with Gasteiger partial charge in [-0.1, -0.05) is 13.8 Å². The van der Waals surface area contributed by atoms with Gasteiger partial charge in [-0.15, -0.1) is 11.8 Å². The number of carboxylic acid groups (broad SMARTS) is 1. The van der Waals surface area contributed by atoms with Crippen molar-refractivity contribution in [2.75, 3.05) is 38.3 Å². The second-order valence-corrected chi connectivity index (χ2v) is 5.21. The van der Waals surface area contributed by atoms with E-state index in [9.17, 15) is 9.59 Å². The predicted molar refractivity (Wildman–Crippen MR) is 68.3 cm³/mol. The number of methoxy groups -OCH3 is 1. The zero-order chi connectivity index (χ0) is 13.3. The van der Waals surface area contributed by atoms with E-state index >= 15 is 0 Å². The Morgan fingerprint density at radius 1 is 1.41 bits per heavy atom. The third-order valence-electron chi connectivity index (χ3n) is 1.92. The quantitative estimate of drug-likeness (QED) is 0.627. The Bertz CT molecular complexity index is 246. The first kappa shape index (κ1) is 16.2. The third kappa shape index (κ3) is 9.00. The van der Waals surface area contributed by atoms with Crippen LogP contribution in [0, 0.1) is 5.92 Å². The fourth-order valence-corrected chi connectivity index (χ4v) is 2.04. The molecule has 0 spiro atoms. The maximum Gasteiger partial charge on any atom is 0.323 e. The molecule has 0 atom stereocenters. The molecule has 0 bridgehead atoms. The molecule has 0 rings (SSSR count). The molecule has 17 heavy (non-hydrogen) atoms. The minimum Gasteiger partial charge on any atom is -0.480 e. The van der Waals surface area contributed by atoms with Crippen molar-refractivity contribution in [1.82, 2.24) is 4.90 Å². The second-order valence-electron chi connectivity index (χ2n) is 4.11. The van der Waals surface area contributed by atoms with Gasteiger partial charge in [-0.3, -0.25) is 9.59 Å². The van der Waals surface area contributed by atoms with Gasteiger partial charge in [-0.25, -0.2) is 0 Å². The maximum atomic E-state index is 11.8. The van der Waals surface area contributed by atoms with Gasteiger partial charge in [-0.05, 0) is 5.92 Å². The number of hydrogen-bond donors (Lipinski definition) is 1. The SMILES string of the molecule is COCCSCC(=O)N(CC(=O)O)CC(C)C. The topological polar surface area (TPSA) is 66.8 Å². The number of carboxylic acids is 1. The predicted octanol–water partition coefficient (Wildman–Crippen LogP) is 0.935. The molecular weight excluding hydrogens is 242 g/mol. The third-order valence-corrected chi connectivity index (χ3v) is 2.83. The molecular formula is C11H21NO4S. The van der Waals surface area contributed by atoms with Gasteiger partial charge in [-0.2, -0.15) is 0 Å². The van der Waals surface area contributed by atoms with E-state index in [4.69, 9.17) is 9.84 Å². The van der Waals surface area contributed by atoms with E-state index in [1.165, 1.54) is 16.7 Å². The molecule has 1 N–H and O–H groups in total. The van der Waals surface area contributed by atoms with E-state index in [1.807, 2.05) is 13.8 Å². The van der Waals surface area contributed by atoms with E-state index in [1.54, 1.807) is 7.11 Å². The van der Waals surface area contributed by atoms with Crippen LogP contribution in [0.1, 0.15) is 13.8 Å². The molecule has 0 aliphatic rings. The number of amides is 1. The number of carbonyl (C=O) groups excluding carboxylic acids is 1. The molecule has 0 aliphatic heterocycles. The van der Waals surface area contributed by atoms with Gasteiger partial charge in [0.1, 0.15) is 6.54 Å². The summed E-state index contributed by atoms with van der Waals surface area (Å²) in [5, 5.41) is 8.73. The van der Waals surface area contributed by atoms with Gasteiger partial charge in [0.05, 0.1) is 12.4 Å². The molecule has 0 radical (unpaired) electrons. The molecule has 0 aromatic carbocycles. The largest absolute Gasteiger partial charge is 0.480 e. The molecule has 6 heteroatoms. The number of thioether (sulfide) groups is 1. The molecule has 0 saturated carbocycles. The first-order chi connectivity index (χ1) is 7.97. The second kappa shape index (κ2) is 9.30. The fourth-order valence-electron chi connectivity index (χ4n) is 1.25. The van der Waals surface area contributed by atoms with Crippen LogP contribution in [-0.2, 0) is 14.3 Å². The van der Waals surface area contributed by atoms with Gasteiger partial charge < -0.3 is 14.7 Å². The van der Waals surface area contributed by atoms with Crippen LogP contribution < -0.4 is 0 Å². The lowest BCUT2D eigenvalue weighted by molar-refractivity contribution is -0.143. The van der Waals surface area contributed by atoms with E-state index < -0.39 is 5.97 Å². The van der Waals surface area contributed by atoms with E-state index in [-0.39, 0.29) is 18.4 Å². The van der Waals surface area contributed by atoms with Crippen LogP contribution >= 0.6 is 11.8 Å². The van der Waals surface area contributed by atoms with Crippen molar-refractivity contribution >= 4 is 23.6 Å². The highest BCUT2D eigenvalue weighted by Crippen LogP contribution is 2.05. The Balaban J connectivity index is 4.08. The lowest BCUT2D eigenvalue weighted by atomic mass is 10.2. The Morgan fingerprint density at radius 3 is 2.53 bits per heavy atom. The minimum atomic E-state index is -0.971. The highest BCUT2D eigenvalue weighted by Gasteiger charge is 2.17. The van der Waals surface area contributed by atoms with Crippen LogP contribution in [0.4, 0.5) is 0 Å². The van der Waals surface area contributed by atoms with Gasteiger partial charge in [0.2, 0.25) is 5.91 Å². The van der Waals surface area contributed by atoms with E-state index in [0.717, 1.165) is 5.75 Å². The molecule has 100 valence electrons. The van der Waals surface area contributed by atoms with Crippen molar-refractivity contribution in [3.05, 3.63) is 0 Å². The van der Waals surface area contributed by atoms with Gasteiger partial charge >= 0.3 is 5.97 Å². The molecule has 0 aromatic rings. The molecule has 1 amide bonds. The Hall–Kier alpha value is -0.750. The fraction of sp³-hybridized carbons (Fsp3) is 0.818. The molecule has 0 unspecified atom stereocenters. The summed E-state index contributed by atoms with van der Waals surface area (Å²) >= 11 is 1.46. The summed E-state index contributed by atoms with van der Waals surface area (Å²) in [6.07, 6.45) is 0. The average Bonchev–Trinajstić information content (AvgIpc) is 2.22. The molecule has 0 heterocycles. The van der Waals surface area contributed by atoms with E-state index in [0.29, 0.717) is 18.9 Å². The number of ether oxygens (including phenoxy) is 1. The van der Waals surface area contributed by atoms with Gasteiger partial charge in [0.25, 0.3) is 0 Å². The lowest BCUT2D eigenvalue weighted by Gasteiger charge is -2.22. The molecule has 0 fully saturated rings. The summed E-state index contributed by atoms with van der Waals surface area (Å²) in [4.78, 5) is 23.8. The summed E-state index contributed by atoms with van der Waals surface area (Å²) in [5.41, 5.74) is 0. The van der Waals surface area contributed by atoms with Crippen LogP contribution in [0.5, 0.6) is 0 Å². The number of nitrogens with zero attached hydrogens (tertiary/aromatic N) is 1. The average molecular weight is 263 g/mol. The highest BCUT2D eigenvalue weighted by molar-refractivity contribution is 7.99. The van der Waals surface area contributed by atoms with Crippen molar-refractivity contribution in [1.29, 1.82) is 0 Å². The zero-order valence-corrected chi connectivity index (χ0v) is 11.5. The first-order valence-corrected chi connectivity index (χ1v) is 6.69. The van der Waals surface area contributed by atoms with Crippen molar-refractivity contribution < 1.29 is 19.4 Å². The van der Waals surface area contributed by atoms with Crippen LogP contribution in [0.3, 0.4) is 0 Å². The molecule has 0 aliphatic carbocycles. The standard InChI is InChI=1S/C11H21NO4S/c1-9(2)6-12(7-11(14)15)10(13)8-17-5-4-16-3/h9H,4-8H2,1-3H3,(H,14,15). The Morgan fingerprint density at radius 2 is 2.06 bits per heavy atom. The monoisotopic (exact) mass is 263 g/mol. The first-order valence-electron chi connectivity index (χ1n) is 5.53. The summed E-state index contributed by atoms with van der Waals surface area (Å²) in [6.45, 7) is 4.78. The summed E-state index contributed by atoms with van der Waals surface area (Å²) in [7, 11) is 1.61. The normalized spacial score (nSPS) is 10.6. The Kier molecular flexibility index (Phi) is 8.89. The minimum absolute atomic E-state index is 0.123. The van der Waals surface area contributed by atoms with Crippen molar-refractivity contribution in [3.8, 4) is 0 Å². The van der Waals surface area contributed by atoms with Crippen LogP contribution in [0.15, 0.2) is 0 Å². The van der Waals surface area contributed by atoms with Crippen LogP contribution in [0.2, 0.25) is 0 Å². The maximum absolute atomic E-state index is 11.8. The summed E-state index contributed by atoms with van der Waals surface area (Å²) in [5.74, 6) is 0.221. The highest BCUT2D eigenvalue weighted by atomic mass is 32.2. The summed E-state index contributed by atoms with van der Waals surface area (Å²) < 4.78 is 4.87. The lowest BCUT2D eigenvalue weighted by Crippen LogP contribution is -2.39. The van der Waals surface area contributed by atoms with Crippen molar-refractivity contribution in [2.24, 2.45) is 5.92 Å². The number of rotatable bonds is 9. The van der Waals surface area contributed by atoms with Crippen molar-refractivity contribution in [3.63, 3.8) is 0 Å². The number of carbonyl (C=O) groups is 2. The summed E-state index contributed by atoms with van der Waals surface area (Å²) in [6, 6.07) is 0. The number of aliphatic carboxylic acids is 1. The molecule has 0 aromatic heterocycles. The molecule has 0 saturated heterocycles. The molecule has 5 nitrogen and oxygen atoms in total. The Labute approximate surface area is 107 Å². The van der Waals surface area contributed by atoms with Gasteiger partial charge in [0.15, 0.2) is 0 Å². The van der Waals surface area contributed by atoms with Gasteiger partial charge in [0, 0.05) is 19.4 Å². The zero-order valence-electron chi connectivity index (χ0n) is 10.6. The van der Waals surface area contributed by atoms with Crippen molar-refractivity contribution in [2.45, 2.75) is 13.8 Å². The number of hydrogen-bond acceptors (Lipinski definition) is 4. The smallest absolute Gasteiger partial charge is 0.323 e. The van der Waals surface area contributed by atoms with Crippen LogP contribution in [0.25, 0.3) is 0 Å².